The maximum absolute atomic E-state index is 9.36. The fourth-order valence-electron chi connectivity index (χ4n) is 0.123. The zero-order chi connectivity index (χ0) is 4.83. The van der Waals surface area contributed by atoms with Gasteiger partial charge >= 0.3 is 0 Å². The van der Waals surface area contributed by atoms with Crippen LogP contribution in [0.1, 0.15) is 0 Å². The average Bonchev–Trinajstić information content (AvgIpc) is 1.61. The van der Waals surface area contributed by atoms with E-state index in [4.69, 9.17) is 5.11 Å². The van der Waals surface area contributed by atoms with Gasteiger partial charge in [0, 0.05) is 0 Å². The summed E-state index contributed by atoms with van der Waals surface area (Å²) in [5.74, 6) is 0. The molecule has 0 atom stereocenters. The highest BCUT2D eigenvalue weighted by atomic mass is 16.6. The maximum Gasteiger partial charge on any atom is 0.180 e. The van der Waals surface area contributed by atoms with Crippen molar-refractivity contribution in [1.82, 2.24) is 0 Å². The second-order valence-electron chi connectivity index (χ2n) is 0.750. The third-order valence-corrected chi connectivity index (χ3v) is 0.319. The van der Waals surface area contributed by atoms with Crippen LogP contribution in [0, 0.1) is 0 Å². The predicted molar refractivity (Wildman–Crippen MR) is 18.6 cm³/mol. The maximum atomic E-state index is 9.36. The topological polar surface area (TPSA) is 49.4 Å². The average molecular weight is 91.1 g/mol. The SMILES string of the molecule is [O]COCCO. The van der Waals surface area contributed by atoms with Crippen LogP contribution in [0.3, 0.4) is 0 Å². The van der Waals surface area contributed by atoms with Gasteiger partial charge in [-0.25, -0.2) is 5.11 Å². The lowest BCUT2D eigenvalue weighted by Crippen LogP contribution is -1.97. The van der Waals surface area contributed by atoms with E-state index < -0.39 is 6.79 Å². The molecule has 1 N–H and O–H groups in total. The summed E-state index contributed by atoms with van der Waals surface area (Å²) in [5, 5.41) is 17.3. The first-order valence-corrected chi connectivity index (χ1v) is 1.68. The minimum absolute atomic E-state index is 0.0672. The van der Waals surface area contributed by atoms with E-state index >= 15 is 0 Å². The molecule has 0 aliphatic carbocycles. The minimum Gasteiger partial charge on any atom is -0.394 e. The van der Waals surface area contributed by atoms with Crippen molar-refractivity contribution in [2.24, 2.45) is 0 Å². The molecule has 0 saturated heterocycles. The number of hydrogen-bond donors (Lipinski definition) is 1. The summed E-state index contributed by atoms with van der Waals surface area (Å²) in [6.45, 7) is -0.466. The molecule has 1 radical (unpaired) electrons. The van der Waals surface area contributed by atoms with E-state index in [0.717, 1.165) is 0 Å². The molecule has 0 bridgehead atoms. The quantitative estimate of drug-likeness (QED) is 0.372. The monoisotopic (exact) mass is 91.0 g/mol. The van der Waals surface area contributed by atoms with Crippen LogP contribution in [-0.4, -0.2) is 25.1 Å². The molecule has 0 fully saturated rings. The Morgan fingerprint density at radius 1 is 1.67 bits per heavy atom. The van der Waals surface area contributed by atoms with Crippen LogP contribution in [0.15, 0.2) is 0 Å². The molecular formula is C3H7O3. The molecule has 0 aromatic heterocycles. The third-order valence-electron chi connectivity index (χ3n) is 0.319. The van der Waals surface area contributed by atoms with E-state index in [9.17, 15) is 5.11 Å². The molecule has 3 nitrogen and oxygen atoms in total. The molecule has 0 aliphatic rings. The Morgan fingerprint density at radius 3 is 2.50 bits per heavy atom. The Kier molecular flexibility index (Phi) is 4.78. The number of hydrogen-bond acceptors (Lipinski definition) is 2. The van der Waals surface area contributed by atoms with Crippen molar-refractivity contribution < 1.29 is 14.9 Å². The summed E-state index contributed by atoms with van der Waals surface area (Å²) < 4.78 is 4.18. The van der Waals surface area contributed by atoms with Gasteiger partial charge in [-0.15, -0.1) is 0 Å². The van der Waals surface area contributed by atoms with Crippen molar-refractivity contribution >= 4 is 0 Å². The zero-order valence-electron chi connectivity index (χ0n) is 3.39. The van der Waals surface area contributed by atoms with Crippen molar-refractivity contribution in [2.75, 3.05) is 20.0 Å². The van der Waals surface area contributed by atoms with Crippen LogP contribution < -0.4 is 0 Å². The number of aliphatic hydroxyl groups is 1. The van der Waals surface area contributed by atoms with Crippen molar-refractivity contribution in [1.29, 1.82) is 0 Å². The van der Waals surface area contributed by atoms with Gasteiger partial charge in [0.05, 0.1) is 13.2 Å². The van der Waals surface area contributed by atoms with Gasteiger partial charge in [-0.1, -0.05) is 0 Å². The highest BCUT2D eigenvalue weighted by molar-refractivity contribution is 4.14. The fraction of sp³-hybridized carbons (Fsp3) is 1.00. The summed E-state index contributed by atoms with van der Waals surface area (Å²) in [6.07, 6.45) is 0. The summed E-state index contributed by atoms with van der Waals surface area (Å²) >= 11 is 0. The Bertz CT molecular complexity index is 18.0. The molecule has 0 spiro atoms. The lowest BCUT2D eigenvalue weighted by molar-refractivity contribution is -0.0535. The number of rotatable bonds is 3. The van der Waals surface area contributed by atoms with Crippen molar-refractivity contribution in [2.45, 2.75) is 0 Å². The van der Waals surface area contributed by atoms with Crippen molar-refractivity contribution in [3.05, 3.63) is 0 Å². The van der Waals surface area contributed by atoms with Crippen LogP contribution in [0.25, 0.3) is 0 Å². The largest absolute Gasteiger partial charge is 0.394 e. The summed E-state index contributed by atoms with van der Waals surface area (Å²) in [5.41, 5.74) is 0. The smallest absolute Gasteiger partial charge is 0.180 e. The molecule has 3 heteroatoms. The highest BCUT2D eigenvalue weighted by Crippen LogP contribution is 1.64. The molecule has 0 unspecified atom stereocenters. The van der Waals surface area contributed by atoms with Crippen LogP contribution in [0.5, 0.6) is 0 Å². The second-order valence-corrected chi connectivity index (χ2v) is 0.750. The van der Waals surface area contributed by atoms with E-state index in [0.29, 0.717) is 0 Å². The molecular weight excluding hydrogens is 84.0 g/mol. The standard InChI is InChI=1S/C3H7O3/c4-1-2-6-3-5/h4H,1-3H2. The Balaban J connectivity index is 2.34. The third kappa shape index (κ3) is 3.88. The molecule has 0 aliphatic heterocycles. The highest BCUT2D eigenvalue weighted by Gasteiger charge is 1.76. The van der Waals surface area contributed by atoms with Gasteiger partial charge in [-0.2, -0.15) is 0 Å². The summed E-state index contributed by atoms with van der Waals surface area (Å²) in [7, 11) is 0. The van der Waals surface area contributed by atoms with E-state index in [2.05, 4.69) is 4.74 Å². The van der Waals surface area contributed by atoms with Gasteiger partial charge in [0.2, 0.25) is 0 Å². The molecule has 0 aromatic rings. The molecule has 0 rings (SSSR count). The Morgan fingerprint density at radius 2 is 2.33 bits per heavy atom. The molecule has 6 heavy (non-hydrogen) atoms. The van der Waals surface area contributed by atoms with Crippen molar-refractivity contribution in [3.8, 4) is 0 Å². The first kappa shape index (κ1) is 5.88. The van der Waals surface area contributed by atoms with Gasteiger partial charge in [0.15, 0.2) is 6.79 Å². The lowest BCUT2D eigenvalue weighted by atomic mass is 10.8. The van der Waals surface area contributed by atoms with Gasteiger partial charge < -0.3 is 9.84 Å². The van der Waals surface area contributed by atoms with Crippen LogP contribution in [-0.2, 0) is 9.84 Å². The van der Waals surface area contributed by atoms with Gasteiger partial charge in [-0.05, 0) is 0 Å². The lowest BCUT2D eigenvalue weighted by Gasteiger charge is -1.88. The number of ether oxygens (including phenoxy) is 1. The van der Waals surface area contributed by atoms with Gasteiger partial charge in [-0.3, -0.25) is 0 Å². The molecule has 0 saturated carbocycles. The van der Waals surface area contributed by atoms with E-state index in [-0.39, 0.29) is 13.2 Å². The first-order valence-electron chi connectivity index (χ1n) is 1.68. The Hall–Kier alpha value is -0.120. The molecule has 0 amide bonds. The van der Waals surface area contributed by atoms with Crippen LogP contribution in [0.4, 0.5) is 0 Å². The normalized spacial score (nSPS) is 9.00. The molecule has 37 valence electrons. The number of aliphatic hydroxyl groups excluding tert-OH is 1. The fourth-order valence-corrected chi connectivity index (χ4v) is 0.123. The predicted octanol–water partition coefficient (Wildman–Crippen LogP) is -0.617. The van der Waals surface area contributed by atoms with E-state index in [1.165, 1.54) is 0 Å². The Labute approximate surface area is 36.2 Å². The van der Waals surface area contributed by atoms with Crippen LogP contribution >= 0.6 is 0 Å². The summed E-state index contributed by atoms with van der Waals surface area (Å²) in [6, 6.07) is 0. The van der Waals surface area contributed by atoms with Crippen LogP contribution in [0.2, 0.25) is 0 Å². The second kappa shape index (κ2) is 4.88. The zero-order valence-corrected chi connectivity index (χ0v) is 3.39. The molecule has 0 heterocycles. The van der Waals surface area contributed by atoms with Crippen molar-refractivity contribution in [3.63, 3.8) is 0 Å². The first-order chi connectivity index (χ1) is 2.91. The molecule has 0 aromatic carbocycles. The van der Waals surface area contributed by atoms with E-state index in [1.807, 2.05) is 0 Å². The van der Waals surface area contributed by atoms with Gasteiger partial charge in [0.25, 0.3) is 0 Å². The van der Waals surface area contributed by atoms with E-state index in [1.54, 1.807) is 0 Å². The van der Waals surface area contributed by atoms with Gasteiger partial charge in [0.1, 0.15) is 0 Å². The summed E-state index contributed by atoms with van der Waals surface area (Å²) in [4.78, 5) is 0. The minimum atomic E-state index is -0.555.